The Morgan fingerprint density at radius 2 is 1.89 bits per heavy atom. The average molecular weight is 254 g/mol. The molecule has 106 valence electrons. The summed E-state index contributed by atoms with van der Waals surface area (Å²) in [4.78, 5) is 4.94. The van der Waals surface area contributed by atoms with E-state index in [4.69, 9.17) is 0 Å². The van der Waals surface area contributed by atoms with Crippen molar-refractivity contribution >= 4 is 0 Å². The maximum absolute atomic E-state index is 10.3. The molecule has 2 rings (SSSR count). The predicted octanol–water partition coefficient (Wildman–Crippen LogP) is 1.95. The van der Waals surface area contributed by atoms with E-state index in [0.29, 0.717) is 0 Å². The topological polar surface area (TPSA) is 26.7 Å². The minimum Gasteiger partial charge on any atom is -0.390 e. The molecule has 0 spiro atoms. The summed E-state index contributed by atoms with van der Waals surface area (Å²) in [6, 6.07) is 0.779. The number of hydrogen-bond acceptors (Lipinski definition) is 3. The van der Waals surface area contributed by atoms with Gasteiger partial charge in [0.05, 0.1) is 6.10 Å². The number of piperidine rings is 1. The van der Waals surface area contributed by atoms with Crippen LogP contribution in [-0.4, -0.2) is 59.8 Å². The molecule has 1 saturated carbocycles. The molecule has 18 heavy (non-hydrogen) atoms. The average Bonchev–Trinajstić information content (AvgIpc) is 3.16. The van der Waals surface area contributed by atoms with Crippen molar-refractivity contribution < 1.29 is 5.11 Å². The van der Waals surface area contributed by atoms with E-state index >= 15 is 0 Å². The number of likely N-dealkylation sites (tertiary alicyclic amines) is 1. The van der Waals surface area contributed by atoms with Gasteiger partial charge in [0.25, 0.3) is 0 Å². The molecule has 1 N–H and O–H groups in total. The van der Waals surface area contributed by atoms with Crippen LogP contribution < -0.4 is 0 Å². The first-order valence-corrected chi connectivity index (χ1v) is 7.83. The third-order valence-corrected chi connectivity index (χ3v) is 4.36. The molecular formula is C15H30N2O. The second-order valence-corrected chi connectivity index (χ2v) is 6.36. The molecule has 2 fully saturated rings. The van der Waals surface area contributed by atoms with E-state index in [9.17, 15) is 5.11 Å². The van der Waals surface area contributed by atoms with Gasteiger partial charge in [-0.2, -0.15) is 0 Å². The number of hydrogen-bond donors (Lipinski definition) is 1. The van der Waals surface area contributed by atoms with Crippen molar-refractivity contribution in [1.82, 2.24) is 9.80 Å². The molecule has 1 heterocycles. The Hall–Kier alpha value is -0.120. The van der Waals surface area contributed by atoms with Gasteiger partial charge in [0.2, 0.25) is 0 Å². The molecule has 1 aliphatic carbocycles. The van der Waals surface area contributed by atoms with Crippen molar-refractivity contribution in [3.8, 4) is 0 Å². The lowest BCUT2D eigenvalue weighted by Gasteiger charge is -2.33. The third-order valence-electron chi connectivity index (χ3n) is 4.36. The lowest BCUT2D eigenvalue weighted by molar-refractivity contribution is 0.0589. The Labute approximate surface area is 112 Å². The van der Waals surface area contributed by atoms with E-state index in [1.54, 1.807) is 0 Å². The standard InChI is InChI=1S/C15H30N2O/c1-3-8-17(14-4-5-14)12-15(18)11-16-9-6-13(2)7-10-16/h13-15,18H,3-12H2,1-2H3. The Morgan fingerprint density at radius 3 is 2.44 bits per heavy atom. The second kappa shape index (κ2) is 6.88. The zero-order valence-electron chi connectivity index (χ0n) is 12.1. The highest BCUT2D eigenvalue weighted by molar-refractivity contribution is 4.86. The van der Waals surface area contributed by atoms with Crippen LogP contribution in [0, 0.1) is 5.92 Å². The summed E-state index contributed by atoms with van der Waals surface area (Å²) >= 11 is 0. The fourth-order valence-electron chi connectivity index (χ4n) is 3.02. The molecule has 0 aromatic heterocycles. The molecule has 0 bridgehead atoms. The molecule has 1 aliphatic heterocycles. The van der Waals surface area contributed by atoms with Crippen molar-refractivity contribution in [2.75, 3.05) is 32.7 Å². The summed E-state index contributed by atoms with van der Waals surface area (Å²) in [6.07, 6.45) is 6.32. The highest BCUT2D eigenvalue weighted by Gasteiger charge is 2.30. The Kier molecular flexibility index (Phi) is 5.46. The first kappa shape index (κ1) is 14.3. The van der Waals surface area contributed by atoms with Crippen LogP contribution >= 0.6 is 0 Å². The monoisotopic (exact) mass is 254 g/mol. The lowest BCUT2D eigenvalue weighted by Crippen LogP contribution is -2.43. The number of aliphatic hydroxyl groups excluding tert-OH is 1. The summed E-state index contributed by atoms with van der Waals surface area (Å²) in [5, 5.41) is 10.3. The summed E-state index contributed by atoms with van der Waals surface area (Å²) in [5.41, 5.74) is 0. The maximum Gasteiger partial charge on any atom is 0.0793 e. The zero-order valence-corrected chi connectivity index (χ0v) is 12.1. The molecule has 1 saturated heterocycles. The minimum atomic E-state index is -0.162. The number of rotatable bonds is 7. The van der Waals surface area contributed by atoms with E-state index in [0.717, 1.165) is 31.6 Å². The van der Waals surface area contributed by atoms with Gasteiger partial charge < -0.3 is 10.0 Å². The quantitative estimate of drug-likeness (QED) is 0.752. The molecule has 0 aromatic rings. The normalized spacial score (nSPS) is 24.7. The van der Waals surface area contributed by atoms with Crippen LogP contribution in [-0.2, 0) is 0 Å². The van der Waals surface area contributed by atoms with Crippen LogP contribution in [0.2, 0.25) is 0 Å². The summed E-state index contributed by atoms with van der Waals surface area (Å²) in [5.74, 6) is 0.876. The highest BCUT2D eigenvalue weighted by atomic mass is 16.3. The Morgan fingerprint density at radius 1 is 1.22 bits per heavy atom. The fraction of sp³-hybridized carbons (Fsp3) is 1.00. The molecule has 3 heteroatoms. The zero-order chi connectivity index (χ0) is 13.0. The predicted molar refractivity (Wildman–Crippen MR) is 75.7 cm³/mol. The Bertz CT molecular complexity index is 235. The largest absolute Gasteiger partial charge is 0.390 e. The summed E-state index contributed by atoms with van der Waals surface area (Å²) in [6.45, 7) is 9.82. The maximum atomic E-state index is 10.3. The van der Waals surface area contributed by atoms with Gasteiger partial charge in [0.15, 0.2) is 0 Å². The smallest absolute Gasteiger partial charge is 0.0793 e. The lowest BCUT2D eigenvalue weighted by atomic mass is 9.99. The molecule has 0 aromatic carbocycles. The van der Waals surface area contributed by atoms with Crippen molar-refractivity contribution in [3.05, 3.63) is 0 Å². The molecule has 0 amide bonds. The van der Waals surface area contributed by atoms with Crippen molar-refractivity contribution in [2.24, 2.45) is 5.92 Å². The van der Waals surface area contributed by atoms with Crippen LogP contribution in [0.4, 0.5) is 0 Å². The molecule has 2 aliphatic rings. The van der Waals surface area contributed by atoms with Gasteiger partial charge in [-0.15, -0.1) is 0 Å². The van der Waals surface area contributed by atoms with E-state index in [-0.39, 0.29) is 6.10 Å². The number of aliphatic hydroxyl groups is 1. The number of nitrogens with zero attached hydrogens (tertiary/aromatic N) is 2. The van der Waals surface area contributed by atoms with E-state index < -0.39 is 0 Å². The first-order chi connectivity index (χ1) is 8.69. The van der Waals surface area contributed by atoms with Crippen LogP contribution in [0.5, 0.6) is 0 Å². The van der Waals surface area contributed by atoms with Gasteiger partial charge in [0, 0.05) is 19.1 Å². The van der Waals surface area contributed by atoms with Gasteiger partial charge in [-0.25, -0.2) is 0 Å². The fourth-order valence-corrected chi connectivity index (χ4v) is 3.02. The van der Waals surface area contributed by atoms with Crippen molar-refractivity contribution in [3.63, 3.8) is 0 Å². The van der Waals surface area contributed by atoms with E-state index in [2.05, 4.69) is 23.6 Å². The SMILES string of the molecule is CCCN(CC(O)CN1CCC(C)CC1)C1CC1. The summed E-state index contributed by atoms with van der Waals surface area (Å²) in [7, 11) is 0. The molecule has 3 nitrogen and oxygen atoms in total. The Balaban J connectivity index is 1.68. The molecular weight excluding hydrogens is 224 g/mol. The molecule has 1 atom stereocenters. The van der Waals surface area contributed by atoms with Crippen molar-refractivity contribution in [1.29, 1.82) is 0 Å². The summed E-state index contributed by atoms with van der Waals surface area (Å²) < 4.78 is 0. The third kappa shape index (κ3) is 4.52. The van der Waals surface area contributed by atoms with Crippen LogP contribution in [0.1, 0.15) is 46.0 Å². The van der Waals surface area contributed by atoms with Gasteiger partial charge in [-0.3, -0.25) is 4.90 Å². The van der Waals surface area contributed by atoms with Crippen LogP contribution in [0.25, 0.3) is 0 Å². The highest BCUT2D eigenvalue weighted by Crippen LogP contribution is 2.27. The first-order valence-electron chi connectivity index (χ1n) is 7.83. The van der Waals surface area contributed by atoms with Gasteiger partial charge in [-0.1, -0.05) is 13.8 Å². The van der Waals surface area contributed by atoms with Crippen molar-refractivity contribution in [2.45, 2.75) is 58.1 Å². The van der Waals surface area contributed by atoms with Gasteiger partial charge in [0.1, 0.15) is 0 Å². The van der Waals surface area contributed by atoms with Crippen LogP contribution in [0.15, 0.2) is 0 Å². The molecule has 1 unspecified atom stereocenters. The van der Waals surface area contributed by atoms with E-state index in [1.807, 2.05) is 0 Å². The number of β-amino-alcohol motifs (C(OH)–C–C–N with tert-alkyl or cyclic N) is 1. The second-order valence-electron chi connectivity index (χ2n) is 6.36. The molecule has 0 radical (unpaired) electrons. The van der Waals surface area contributed by atoms with Crippen LogP contribution in [0.3, 0.4) is 0 Å². The minimum absolute atomic E-state index is 0.162. The van der Waals surface area contributed by atoms with Gasteiger partial charge >= 0.3 is 0 Å². The van der Waals surface area contributed by atoms with Gasteiger partial charge in [-0.05, 0) is 57.7 Å². The van der Waals surface area contributed by atoms with E-state index in [1.165, 1.54) is 45.2 Å².